The highest BCUT2D eigenvalue weighted by atomic mass is 35.5. The van der Waals surface area contributed by atoms with Crippen LogP contribution in [0.15, 0.2) is 42.5 Å². The van der Waals surface area contributed by atoms with Crippen LogP contribution in [0.1, 0.15) is 30.6 Å². The predicted octanol–water partition coefficient (Wildman–Crippen LogP) is 4.61. The number of amides is 1. The first-order valence-corrected chi connectivity index (χ1v) is 8.18. The molecule has 7 heteroatoms. The topological polar surface area (TPSA) is 67.6 Å². The largest absolute Gasteiger partial charge is 0.497 e. The molecular formula is C19H27Cl2N3O2. The third-order valence-electron chi connectivity index (χ3n) is 3.88. The lowest BCUT2D eigenvalue weighted by Gasteiger charge is -2.22. The summed E-state index contributed by atoms with van der Waals surface area (Å²) in [4.78, 5) is 14.7. The van der Waals surface area contributed by atoms with Crippen LogP contribution in [0, 0.1) is 0 Å². The average Bonchev–Trinajstić information content (AvgIpc) is 2.61. The Morgan fingerprint density at radius 2 is 1.77 bits per heavy atom. The third kappa shape index (κ3) is 6.00. The van der Waals surface area contributed by atoms with Crippen molar-refractivity contribution in [2.75, 3.05) is 36.1 Å². The average molecular weight is 400 g/mol. The van der Waals surface area contributed by atoms with Crippen LogP contribution in [0.25, 0.3) is 0 Å². The van der Waals surface area contributed by atoms with Gasteiger partial charge < -0.3 is 20.7 Å². The molecule has 0 radical (unpaired) electrons. The quantitative estimate of drug-likeness (QED) is 0.666. The van der Waals surface area contributed by atoms with Crippen LogP contribution in [0.2, 0.25) is 0 Å². The number of nitrogens with one attached hydrogen (secondary N) is 1. The molecule has 0 saturated carbocycles. The van der Waals surface area contributed by atoms with Gasteiger partial charge in [-0.1, -0.05) is 6.92 Å². The van der Waals surface area contributed by atoms with Crippen LogP contribution >= 0.6 is 24.8 Å². The second-order valence-electron chi connectivity index (χ2n) is 5.53. The number of hydrogen-bond acceptors (Lipinski definition) is 4. The summed E-state index contributed by atoms with van der Waals surface area (Å²) in [7, 11) is 1.58. The van der Waals surface area contributed by atoms with E-state index in [0.717, 1.165) is 25.2 Å². The number of ether oxygens (including phenoxy) is 1. The summed E-state index contributed by atoms with van der Waals surface area (Å²) in [6, 6.07) is 12.8. The molecule has 3 N–H and O–H groups in total. The fourth-order valence-corrected chi connectivity index (χ4v) is 2.53. The zero-order valence-electron chi connectivity index (χ0n) is 15.3. The number of carbonyl (C=O) groups is 1. The van der Waals surface area contributed by atoms with Gasteiger partial charge in [0.2, 0.25) is 0 Å². The number of hydrogen-bond donors (Lipinski definition) is 2. The highest BCUT2D eigenvalue weighted by molar-refractivity contribution is 6.06. The van der Waals surface area contributed by atoms with Gasteiger partial charge in [0.05, 0.1) is 18.5 Å². The minimum atomic E-state index is -0.194. The normalized spacial score (nSPS) is 9.50. The molecule has 0 aromatic heterocycles. The molecule has 0 aliphatic rings. The van der Waals surface area contributed by atoms with Crippen molar-refractivity contribution in [3.05, 3.63) is 48.0 Å². The summed E-state index contributed by atoms with van der Waals surface area (Å²) >= 11 is 0. The smallest absolute Gasteiger partial charge is 0.255 e. The molecule has 5 nitrogen and oxygen atoms in total. The van der Waals surface area contributed by atoms with E-state index in [4.69, 9.17) is 10.5 Å². The summed E-state index contributed by atoms with van der Waals surface area (Å²) in [5, 5.41) is 2.83. The summed E-state index contributed by atoms with van der Waals surface area (Å²) in [6.45, 7) is 6.23. The Kier molecular flexibility index (Phi) is 10.6. The molecule has 0 heterocycles. The van der Waals surface area contributed by atoms with Gasteiger partial charge in [0.1, 0.15) is 5.75 Å². The van der Waals surface area contributed by atoms with Gasteiger partial charge in [-0.15, -0.1) is 24.8 Å². The summed E-state index contributed by atoms with van der Waals surface area (Å²) in [5.41, 5.74) is 8.67. The molecule has 144 valence electrons. The molecule has 2 rings (SSSR count). The number of methoxy groups -OCH3 is 1. The van der Waals surface area contributed by atoms with Crippen molar-refractivity contribution in [1.29, 1.82) is 0 Å². The first-order chi connectivity index (χ1) is 11.6. The number of nitrogens with two attached hydrogens (primary N) is 1. The minimum Gasteiger partial charge on any atom is -0.497 e. The highest BCUT2D eigenvalue weighted by Gasteiger charge is 2.10. The van der Waals surface area contributed by atoms with Crippen LogP contribution in [-0.2, 0) is 0 Å². The van der Waals surface area contributed by atoms with Crippen molar-refractivity contribution >= 4 is 47.8 Å². The molecule has 1 amide bonds. The SMILES string of the molecule is CCCN(CC)c1ccc(C(=O)Nc2cc(OC)ccc2N)cc1.Cl.Cl. The highest BCUT2D eigenvalue weighted by Crippen LogP contribution is 2.25. The van der Waals surface area contributed by atoms with Crippen molar-refractivity contribution in [2.45, 2.75) is 20.3 Å². The Labute approximate surface area is 167 Å². The van der Waals surface area contributed by atoms with Gasteiger partial charge in [0.25, 0.3) is 5.91 Å². The van der Waals surface area contributed by atoms with E-state index in [1.54, 1.807) is 25.3 Å². The van der Waals surface area contributed by atoms with Gasteiger partial charge in [-0.05, 0) is 49.7 Å². The standard InChI is InChI=1S/C19H25N3O2.2ClH/c1-4-12-22(5-2)15-8-6-14(7-9-15)19(23)21-18-13-16(24-3)10-11-17(18)20;;/h6-11,13H,4-5,12,20H2,1-3H3,(H,21,23);2*1H. The second kappa shape index (κ2) is 11.5. The molecule has 0 spiro atoms. The van der Waals surface area contributed by atoms with Crippen molar-refractivity contribution in [3.63, 3.8) is 0 Å². The molecule has 0 fully saturated rings. The second-order valence-corrected chi connectivity index (χ2v) is 5.53. The molecular weight excluding hydrogens is 373 g/mol. The number of rotatable bonds is 7. The summed E-state index contributed by atoms with van der Waals surface area (Å²) in [6.07, 6.45) is 1.09. The maximum absolute atomic E-state index is 12.4. The molecule has 0 bridgehead atoms. The summed E-state index contributed by atoms with van der Waals surface area (Å²) in [5.74, 6) is 0.452. The maximum Gasteiger partial charge on any atom is 0.255 e. The first kappa shape index (κ1) is 23.9. The minimum absolute atomic E-state index is 0. The fourth-order valence-electron chi connectivity index (χ4n) is 2.53. The Balaban J connectivity index is 0.00000312. The Hall–Kier alpha value is -2.11. The monoisotopic (exact) mass is 399 g/mol. The van der Waals surface area contributed by atoms with Gasteiger partial charge in [0, 0.05) is 30.4 Å². The Bertz CT molecular complexity index is 694. The Morgan fingerprint density at radius 1 is 1.12 bits per heavy atom. The molecule has 0 saturated heterocycles. The first-order valence-electron chi connectivity index (χ1n) is 8.18. The van der Waals surface area contributed by atoms with Crippen molar-refractivity contribution in [1.82, 2.24) is 0 Å². The lowest BCUT2D eigenvalue weighted by Crippen LogP contribution is -2.23. The van der Waals surface area contributed by atoms with Crippen molar-refractivity contribution in [3.8, 4) is 5.75 Å². The third-order valence-corrected chi connectivity index (χ3v) is 3.88. The van der Waals surface area contributed by atoms with E-state index in [-0.39, 0.29) is 30.7 Å². The lowest BCUT2D eigenvalue weighted by molar-refractivity contribution is 0.102. The number of nitrogens with zero attached hydrogens (tertiary/aromatic N) is 1. The zero-order chi connectivity index (χ0) is 17.5. The van der Waals surface area contributed by atoms with Crippen LogP contribution in [0.3, 0.4) is 0 Å². The number of benzene rings is 2. The number of anilines is 3. The molecule has 0 atom stereocenters. The van der Waals surface area contributed by atoms with E-state index in [2.05, 4.69) is 24.1 Å². The van der Waals surface area contributed by atoms with E-state index in [9.17, 15) is 4.79 Å². The van der Waals surface area contributed by atoms with E-state index < -0.39 is 0 Å². The van der Waals surface area contributed by atoms with E-state index in [0.29, 0.717) is 22.7 Å². The van der Waals surface area contributed by atoms with Gasteiger partial charge in [0.15, 0.2) is 0 Å². The number of nitrogen functional groups attached to an aromatic ring is 1. The van der Waals surface area contributed by atoms with Crippen molar-refractivity contribution in [2.24, 2.45) is 0 Å². The van der Waals surface area contributed by atoms with Crippen LogP contribution < -0.4 is 20.7 Å². The fraction of sp³-hybridized carbons (Fsp3) is 0.316. The van der Waals surface area contributed by atoms with Crippen LogP contribution in [0.4, 0.5) is 17.1 Å². The number of carbonyl (C=O) groups excluding carboxylic acids is 1. The van der Waals surface area contributed by atoms with E-state index in [1.165, 1.54) is 0 Å². The zero-order valence-corrected chi connectivity index (χ0v) is 17.0. The van der Waals surface area contributed by atoms with E-state index >= 15 is 0 Å². The van der Waals surface area contributed by atoms with Gasteiger partial charge >= 0.3 is 0 Å². The molecule has 0 unspecified atom stereocenters. The maximum atomic E-state index is 12.4. The predicted molar refractivity (Wildman–Crippen MR) is 114 cm³/mol. The van der Waals surface area contributed by atoms with Crippen molar-refractivity contribution < 1.29 is 9.53 Å². The molecule has 0 aliphatic heterocycles. The van der Waals surface area contributed by atoms with Gasteiger partial charge in [-0.25, -0.2) is 0 Å². The van der Waals surface area contributed by atoms with Gasteiger partial charge in [-0.3, -0.25) is 4.79 Å². The Morgan fingerprint density at radius 3 is 2.31 bits per heavy atom. The van der Waals surface area contributed by atoms with E-state index in [1.807, 2.05) is 24.3 Å². The molecule has 2 aromatic rings. The summed E-state index contributed by atoms with van der Waals surface area (Å²) < 4.78 is 5.16. The van der Waals surface area contributed by atoms with Crippen LogP contribution in [0.5, 0.6) is 5.75 Å². The molecule has 0 aliphatic carbocycles. The lowest BCUT2D eigenvalue weighted by atomic mass is 10.1. The molecule has 2 aromatic carbocycles. The van der Waals surface area contributed by atoms with Gasteiger partial charge in [-0.2, -0.15) is 0 Å². The molecule has 26 heavy (non-hydrogen) atoms. The van der Waals surface area contributed by atoms with Crippen LogP contribution in [-0.4, -0.2) is 26.1 Å². The number of halogens is 2.